The van der Waals surface area contributed by atoms with Crippen molar-refractivity contribution in [3.05, 3.63) is 71.9 Å². The average molecular weight is 356 g/mol. The van der Waals surface area contributed by atoms with E-state index in [1.807, 2.05) is 6.20 Å². The van der Waals surface area contributed by atoms with Crippen LogP contribution >= 0.6 is 0 Å². The van der Waals surface area contributed by atoms with Crippen LogP contribution in [0.15, 0.2) is 60.8 Å². The molecule has 4 rings (SSSR count). The van der Waals surface area contributed by atoms with E-state index in [4.69, 9.17) is 4.98 Å². The van der Waals surface area contributed by atoms with Gasteiger partial charge in [0.25, 0.3) is 0 Å². The molecular weight excluding hydrogens is 330 g/mol. The highest BCUT2D eigenvalue weighted by Gasteiger charge is 2.17. The molecule has 0 fully saturated rings. The van der Waals surface area contributed by atoms with Gasteiger partial charge in [-0.05, 0) is 48.2 Å². The first-order valence-corrected chi connectivity index (χ1v) is 12.7. The average Bonchev–Trinajstić information content (AvgIpc) is 2.59. The number of fused-ring (bicyclic) bond motifs is 3. The lowest BCUT2D eigenvalue weighted by Crippen LogP contribution is -2.37. The Labute approximate surface area is 156 Å². The summed E-state index contributed by atoms with van der Waals surface area (Å²) in [5, 5.41) is 6.67. The van der Waals surface area contributed by atoms with E-state index in [0.29, 0.717) is 0 Å². The molecule has 0 bridgehead atoms. The third kappa shape index (κ3) is 2.95. The Hall–Kier alpha value is -2.45. The van der Waals surface area contributed by atoms with E-state index in [0.717, 1.165) is 5.69 Å². The quantitative estimate of drug-likeness (QED) is 0.307. The minimum absolute atomic E-state index is 1.07. The van der Waals surface area contributed by atoms with Crippen LogP contribution in [0.1, 0.15) is 11.1 Å². The Balaban J connectivity index is 1.99. The summed E-state index contributed by atoms with van der Waals surface area (Å²) in [6.07, 6.45) is 1.95. The molecule has 2 heteroatoms. The number of aryl methyl sites for hydroxylation is 2. The van der Waals surface area contributed by atoms with Crippen LogP contribution in [0, 0.1) is 13.8 Å². The van der Waals surface area contributed by atoms with Crippen LogP contribution < -0.4 is 5.19 Å². The number of nitrogens with zero attached hydrogens (tertiary/aromatic N) is 1. The first kappa shape index (κ1) is 17.0. The van der Waals surface area contributed by atoms with Crippen LogP contribution in [-0.2, 0) is 0 Å². The highest BCUT2D eigenvalue weighted by Crippen LogP contribution is 2.32. The smallest absolute Gasteiger partial charge is 0.0780 e. The predicted octanol–water partition coefficient (Wildman–Crippen LogP) is 6.22. The van der Waals surface area contributed by atoms with Gasteiger partial charge in [-0.3, -0.25) is 4.98 Å². The molecule has 0 aliphatic rings. The molecule has 0 N–H and O–H groups in total. The SMILES string of the molecule is Cc1cc(C)cc(-c2nccc3c2ccc2cc([Si](C)(C)C)ccc23)c1. The van der Waals surface area contributed by atoms with E-state index in [-0.39, 0.29) is 0 Å². The van der Waals surface area contributed by atoms with Crippen molar-refractivity contribution in [1.82, 2.24) is 4.98 Å². The molecule has 130 valence electrons. The van der Waals surface area contributed by atoms with Crippen molar-refractivity contribution in [3.8, 4) is 11.3 Å². The van der Waals surface area contributed by atoms with Gasteiger partial charge in [0.2, 0.25) is 0 Å². The second-order valence-corrected chi connectivity index (χ2v) is 13.5. The van der Waals surface area contributed by atoms with Crippen LogP contribution in [0.5, 0.6) is 0 Å². The summed E-state index contributed by atoms with van der Waals surface area (Å²) in [5.74, 6) is 0. The number of pyridine rings is 1. The fourth-order valence-corrected chi connectivity index (χ4v) is 4.98. The molecule has 0 spiro atoms. The van der Waals surface area contributed by atoms with Crippen molar-refractivity contribution in [1.29, 1.82) is 0 Å². The molecule has 0 saturated carbocycles. The fourth-order valence-electron chi connectivity index (χ4n) is 3.80. The van der Waals surface area contributed by atoms with Crippen LogP contribution in [0.4, 0.5) is 0 Å². The Morgan fingerprint density at radius 2 is 1.38 bits per heavy atom. The molecule has 1 aromatic heterocycles. The number of benzene rings is 3. The molecule has 0 amide bonds. The fraction of sp³-hybridized carbons (Fsp3) is 0.208. The Bertz CT molecular complexity index is 1120. The van der Waals surface area contributed by atoms with Gasteiger partial charge in [0.05, 0.1) is 13.8 Å². The number of aromatic nitrogens is 1. The largest absolute Gasteiger partial charge is 0.256 e. The van der Waals surface area contributed by atoms with Gasteiger partial charge in [0.1, 0.15) is 0 Å². The minimum Gasteiger partial charge on any atom is -0.256 e. The van der Waals surface area contributed by atoms with Gasteiger partial charge in [-0.15, -0.1) is 0 Å². The van der Waals surface area contributed by atoms with Gasteiger partial charge in [0.15, 0.2) is 0 Å². The molecule has 26 heavy (non-hydrogen) atoms. The zero-order valence-corrected chi connectivity index (χ0v) is 17.2. The molecule has 0 radical (unpaired) electrons. The van der Waals surface area contributed by atoms with Crippen molar-refractivity contribution < 1.29 is 0 Å². The van der Waals surface area contributed by atoms with Crippen molar-refractivity contribution >= 4 is 34.8 Å². The zero-order valence-electron chi connectivity index (χ0n) is 16.2. The highest BCUT2D eigenvalue weighted by atomic mass is 28.3. The van der Waals surface area contributed by atoms with E-state index < -0.39 is 8.07 Å². The Morgan fingerprint density at radius 3 is 2.08 bits per heavy atom. The summed E-state index contributed by atoms with van der Waals surface area (Å²) in [5.41, 5.74) is 4.83. The summed E-state index contributed by atoms with van der Waals surface area (Å²) >= 11 is 0. The summed E-state index contributed by atoms with van der Waals surface area (Å²) in [7, 11) is -1.31. The molecule has 0 aliphatic heterocycles. The molecule has 0 aliphatic carbocycles. The third-order valence-corrected chi connectivity index (χ3v) is 7.17. The molecule has 1 nitrogen and oxygen atoms in total. The number of hydrogen-bond acceptors (Lipinski definition) is 1. The van der Waals surface area contributed by atoms with Crippen LogP contribution in [0.3, 0.4) is 0 Å². The van der Waals surface area contributed by atoms with E-state index in [1.54, 1.807) is 0 Å². The summed E-state index contributed by atoms with van der Waals surface area (Å²) in [6, 6.07) is 20.3. The van der Waals surface area contributed by atoms with Gasteiger partial charge in [-0.1, -0.05) is 72.4 Å². The van der Waals surface area contributed by atoms with Crippen LogP contribution in [-0.4, -0.2) is 13.1 Å². The number of rotatable bonds is 2. The molecule has 3 aromatic carbocycles. The highest BCUT2D eigenvalue weighted by molar-refractivity contribution is 6.88. The van der Waals surface area contributed by atoms with Crippen molar-refractivity contribution in [2.24, 2.45) is 0 Å². The molecule has 0 unspecified atom stereocenters. The topological polar surface area (TPSA) is 12.9 Å². The molecule has 4 aromatic rings. The lowest BCUT2D eigenvalue weighted by atomic mass is 9.97. The second kappa shape index (κ2) is 6.06. The van der Waals surface area contributed by atoms with E-state index in [2.05, 4.69) is 88.1 Å². The normalized spacial score (nSPS) is 12.0. The lowest BCUT2D eigenvalue weighted by Gasteiger charge is -2.18. The maximum atomic E-state index is 4.73. The van der Waals surface area contributed by atoms with Gasteiger partial charge >= 0.3 is 0 Å². The van der Waals surface area contributed by atoms with Crippen molar-refractivity contribution in [2.75, 3.05) is 0 Å². The second-order valence-electron chi connectivity index (χ2n) is 8.38. The number of hydrogen-bond donors (Lipinski definition) is 0. The Morgan fingerprint density at radius 1 is 0.692 bits per heavy atom. The Kier molecular flexibility index (Phi) is 3.96. The van der Waals surface area contributed by atoms with Gasteiger partial charge in [-0.25, -0.2) is 0 Å². The summed E-state index contributed by atoms with van der Waals surface area (Å²) in [6.45, 7) is 11.5. The molecular formula is C24H25NSi. The summed E-state index contributed by atoms with van der Waals surface area (Å²) in [4.78, 5) is 4.73. The van der Waals surface area contributed by atoms with Crippen molar-refractivity contribution in [2.45, 2.75) is 33.5 Å². The van der Waals surface area contributed by atoms with Gasteiger partial charge in [-0.2, -0.15) is 0 Å². The van der Waals surface area contributed by atoms with E-state index >= 15 is 0 Å². The molecule has 0 atom stereocenters. The van der Waals surface area contributed by atoms with E-state index in [1.165, 1.54) is 43.4 Å². The minimum atomic E-state index is -1.31. The van der Waals surface area contributed by atoms with Crippen LogP contribution in [0.2, 0.25) is 19.6 Å². The first-order valence-electron chi connectivity index (χ1n) is 9.23. The third-order valence-electron chi connectivity index (χ3n) is 5.12. The lowest BCUT2D eigenvalue weighted by molar-refractivity contribution is 1.33. The van der Waals surface area contributed by atoms with Gasteiger partial charge < -0.3 is 0 Å². The van der Waals surface area contributed by atoms with E-state index in [9.17, 15) is 0 Å². The first-order chi connectivity index (χ1) is 12.3. The monoisotopic (exact) mass is 355 g/mol. The predicted molar refractivity (Wildman–Crippen MR) is 117 cm³/mol. The summed E-state index contributed by atoms with van der Waals surface area (Å²) < 4.78 is 0. The van der Waals surface area contributed by atoms with Crippen molar-refractivity contribution in [3.63, 3.8) is 0 Å². The molecule has 0 saturated heterocycles. The maximum Gasteiger partial charge on any atom is 0.0780 e. The zero-order chi connectivity index (χ0) is 18.5. The van der Waals surface area contributed by atoms with Crippen LogP contribution in [0.25, 0.3) is 32.8 Å². The standard InChI is InChI=1S/C24H25NSi/c1-16-12-17(2)14-19(13-16)24-23-8-6-18-15-20(26(3,4)5)7-9-21(18)22(23)10-11-25-24/h6-15H,1-5H3. The molecule has 1 heterocycles. The van der Waals surface area contributed by atoms with Gasteiger partial charge in [0, 0.05) is 17.1 Å². The maximum absolute atomic E-state index is 4.73.